The third kappa shape index (κ3) is 5.98. The number of nitrogens with zero attached hydrogens (tertiary/aromatic N) is 2. The molecule has 1 aromatic heterocycles. The Hall–Kier alpha value is -2.92. The molecule has 1 aliphatic heterocycles. The Morgan fingerprint density at radius 1 is 0.935 bits per heavy atom. The first-order valence-electron chi connectivity index (χ1n) is 14.7. The van der Waals surface area contributed by atoms with Gasteiger partial charge in [-0.2, -0.15) is 0 Å². The van der Waals surface area contributed by atoms with E-state index < -0.39 is 12.1 Å². The van der Waals surface area contributed by atoms with Crippen LogP contribution >= 0.6 is 59.4 Å². The smallest absolute Gasteiger partial charge is 0.339 e. The summed E-state index contributed by atoms with van der Waals surface area (Å²) in [6.07, 6.45) is 0.150. The van der Waals surface area contributed by atoms with E-state index in [4.69, 9.17) is 21.3 Å². The van der Waals surface area contributed by atoms with Crippen molar-refractivity contribution in [2.45, 2.75) is 49.4 Å². The highest BCUT2D eigenvalue weighted by molar-refractivity contribution is 9.12. The van der Waals surface area contributed by atoms with Crippen LogP contribution in [0.1, 0.15) is 51.6 Å². The molecule has 0 radical (unpaired) electrons. The lowest BCUT2D eigenvalue weighted by atomic mass is 9.81. The lowest BCUT2D eigenvalue weighted by molar-refractivity contribution is -0.122. The summed E-state index contributed by atoms with van der Waals surface area (Å²) >= 11 is 17.3. The fourth-order valence-corrected chi connectivity index (χ4v) is 8.05. The quantitative estimate of drug-likeness (QED) is 0.0836. The second-order valence-electron chi connectivity index (χ2n) is 11.8. The molecule has 1 saturated carbocycles. The van der Waals surface area contributed by atoms with Crippen LogP contribution in [-0.2, 0) is 14.3 Å². The number of pyridine rings is 1. The topological polar surface area (TPSA) is 93.6 Å². The number of Topliss-reactive ketones (excluding diaryl/α,β-unsaturated/α-hetero) is 1. The largest absolute Gasteiger partial charge is 0.451 e. The van der Waals surface area contributed by atoms with E-state index in [0.717, 1.165) is 5.56 Å². The average molecular weight is 832 g/mol. The number of benzene rings is 3. The van der Waals surface area contributed by atoms with E-state index in [9.17, 15) is 19.2 Å². The predicted molar refractivity (Wildman–Crippen MR) is 189 cm³/mol. The van der Waals surface area contributed by atoms with Crippen molar-refractivity contribution >= 4 is 99.5 Å². The van der Waals surface area contributed by atoms with Crippen molar-refractivity contribution in [1.29, 1.82) is 0 Å². The van der Waals surface area contributed by atoms with E-state index in [1.165, 1.54) is 4.90 Å². The van der Waals surface area contributed by atoms with Crippen LogP contribution in [0.25, 0.3) is 22.2 Å². The molecule has 46 heavy (non-hydrogen) atoms. The van der Waals surface area contributed by atoms with Gasteiger partial charge in [-0.1, -0.05) is 85.4 Å². The molecule has 0 N–H and O–H groups in total. The van der Waals surface area contributed by atoms with Crippen LogP contribution in [0.3, 0.4) is 0 Å². The summed E-state index contributed by atoms with van der Waals surface area (Å²) in [4.78, 5) is 59.8. The molecule has 3 aromatic carbocycles. The summed E-state index contributed by atoms with van der Waals surface area (Å²) in [6.45, 7) is 5.29. The first-order chi connectivity index (χ1) is 21.8. The maximum absolute atomic E-state index is 13.7. The van der Waals surface area contributed by atoms with E-state index in [2.05, 4.69) is 47.8 Å². The number of imide groups is 1. The monoisotopic (exact) mass is 828 g/mol. The molecule has 6 rings (SSSR count). The number of ether oxygens (including phenoxy) is 1. The summed E-state index contributed by atoms with van der Waals surface area (Å²) in [5.74, 6) is -2.08. The van der Waals surface area contributed by atoms with Crippen LogP contribution in [0, 0.1) is 25.7 Å². The van der Waals surface area contributed by atoms with Crippen LogP contribution < -0.4 is 4.90 Å². The molecule has 1 aliphatic carbocycles. The molecule has 2 fully saturated rings. The first-order valence-corrected chi connectivity index (χ1v) is 17.7. The molecule has 236 valence electrons. The minimum atomic E-state index is -1.03. The van der Waals surface area contributed by atoms with Gasteiger partial charge in [-0.3, -0.25) is 19.3 Å². The van der Waals surface area contributed by atoms with Gasteiger partial charge in [-0.15, -0.1) is 0 Å². The summed E-state index contributed by atoms with van der Waals surface area (Å²) < 4.78 is 6.30. The minimum absolute atomic E-state index is 0.119. The van der Waals surface area contributed by atoms with Crippen molar-refractivity contribution in [1.82, 2.24) is 4.98 Å². The maximum Gasteiger partial charge on any atom is 0.339 e. The predicted octanol–water partition coefficient (Wildman–Crippen LogP) is 8.79. The van der Waals surface area contributed by atoms with Gasteiger partial charge in [0.15, 0.2) is 6.10 Å². The number of alkyl halides is 2. The van der Waals surface area contributed by atoms with E-state index in [0.29, 0.717) is 61.3 Å². The van der Waals surface area contributed by atoms with Crippen molar-refractivity contribution in [3.63, 3.8) is 0 Å². The molecule has 1 saturated heterocycles. The number of carbonyl (C=O) groups excluding carboxylic acids is 4. The molecule has 2 amide bonds. The summed E-state index contributed by atoms with van der Waals surface area (Å²) in [5.41, 5.74) is 4.44. The fraction of sp³-hybridized carbons (Fsp3) is 0.286. The van der Waals surface area contributed by atoms with Crippen molar-refractivity contribution in [3.05, 3.63) is 92.4 Å². The number of rotatable bonds is 6. The molecule has 5 atom stereocenters. The summed E-state index contributed by atoms with van der Waals surface area (Å²) in [6, 6.07) is 17.4. The molecule has 11 heteroatoms. The number of ketones is 1. The van der Waals surface area contributed by atoms with Gasteiger partial charge in [-0.25, -0.2) is 9.78 Å². The Morgan fingerprint density at radius 3 is 2.11 bits per heavy atom. The van der Waals surface area contributed by atoms with Crippen LogP contribution in [0.15, 0.2) is 65.1 Å². The van der Waals surface area contributed by atoms with Crippen LogP contribution in [0.5, 0.6) is 0 Å². The zero-order chi connectivity index (χ0) is 33.0. The number of esters is 1. The number of carbonyl (C=O) groups is 4. The SMILES string of the molecule is Cc1ccc(C(=O)C(C)OC(=O)c2cc(-c3ccc(N4C(=O)C5CC(Br)C(Br)CC5C4=O)cc3)nc3c(C)c(Cl)c(Br)cc23)cc1. The second kappa shape index (κ2) is 12.9. The number of fused-ring (bicyclic) bond motifs is 2. The number of aromatic nitrogens is 1. The minimum Gasteiger partial charge on any atom is -0.451 e. The highest BCUT2D eigenvalue weighted by atomic mass is 79.9. The van der Waals surface area contributed by atoms with Gasteiger partial charge < -0.3 is 4.74 Å². The van der Waals surface area contributed by atoms with Gasteiger partial charge in [0.25, 0.3) is 0 Å². The van der Waals surface area contributed by atoms with Crippen molar-refractivity contribution in [2.75, 3.05) is 4.90 Å². The zero-order valence-corrected chi connectivity index (χ0v) is 30.5. The molecule has 2 heterocycles. The van der Waals surface area contributed by atoms with Gasteiger partial charge in [0.05, 0.1) is 39.3 Å². The summed E-state index contributed by atoms with van der Waals surface area (Å²) in [7, 11) is 0. The molecule has 2 aliphatic rings. The van der Waals surface area contributed by atoms with E-state index in [-0.39, 0.29) is 44.7 Å². The van der Waals surface area contributed by atoms with E-state index in [1.807, 2.05) is 26.0 Å². The van der Waals surface area contributed by atoms with E-state index >= 15 is 0 Å². The highest BCUT2D eigenvalue weighted by Crippen LogP contribution is 2.44. The van der Waals surface area contributed by atoms with Crippen molar-refractivity contribution < 1.29 is 23.9 Å². The number of hydrogen-bond donors (Lipinski definition) is 0. The molecule has 5 unspecified atom stereocenters. The first kappa shape index (κ1) is 33.0. The Labute approximate surface area is 296 Å². The molecule has 0 spiro atoms. The average Bonchev–Trinajstić information content (AvgIpc) is 3.27. The molecular formula is C35H28Br3ClN2O5. The highest BCUT2D eigenvalue weighted by Gasteiger charge is 2.52. The van der Waals surface area contributed by atoms with Gasteiger partial charge in [0.1, 0.15) is 0 Å². The molecule has 0 bridgehead atoms. The number of halogens is 4. The third-order valence-corrected chi connectivity index (χ3v) is 12.8. The fourth-order valence-electron chi connectivity index (χ4n) is 6.14. The second-order valence-corrected chi connectivity index (χ2v) is 15.4. The van der Waals surface area contributed by atoms with Gasteiger partial charge in [-0.05, 0) is 79.4 Å². The van der Waals surface area contributed by atoms with Crippen molar-refractivity contribution in [2.24, 2.45) is 11.8 Å². The maximum atomic E-state index is 13.7. The molecule has 4 aromatic rings. The standard InChI is InChI=1S/C35H28Br3ClN2O5/c1-16-4-6-20(7-5-16)32(42)18(3)46-35(45)25-15-29(40-31-17(2)30(39)28(38)12-22(25)31)19-8-10-21(11-9-19)41-33(43)23-13-26(36)27(37)14-24(23)34(41)44/h4-12,15,18,23-24,26-27H,13-14H2,1-3H3. The Bertz CT molecular complexity index is 1890. The molecular weight excluding hydrogens is 804 g/mol. The molecule has 7 nitrogen and oxygen atoms in total. The van der Waals surface area contributed by atoms with Crippen LogP contribution in [0.4, 0.5) is 5.69 Å². The van der Waals surface area contributed by atoms with Gasteiger partial charge >= 0.3 is 5.97 Å². The zero-order valence-electron chi connectivity index (χ0n) is 25.0. The normalized spacial score (nSPS) is 21.8. The lowest BCUT2D eigenvalue weighted by Crippen LogP contribution is -2.34. The Morgan fingerprint density at radius 2 is 1.52 bits per heavy atom. The number of aryl methyl sites for hydroxylation is 2. The summed E-state index contributed by atoms with van der Waals surface area (Å²) in [5, 5.41) is 0.971. The Balaban J connectivity index is 1.34. The van der Waals surface area contributed by atoms with Gasteiger partial charge in [0, 0.05) is 30.6 Å². The van der Waals surface area contributed by atoms with Gasteiger partial charge in [0.2, 0.25) is 17.6 Å². The number of hydrogen-bond acceptors (Lipinski definition) is 6. The van der Waals surface area contributed by atoms with Crippen LogP contribution in [0.2, 0.25) is 5.02 Å². The Kier molecular flexibility index (Phi) is 9.28. The number of anilines is 1. The van der Waals surface area contributed by atoms with Crippen LogP contribution in [-0.4, -0.2) is 44.3 Å². The lowest BCUT2D eigenvalue weighted by Gasteiger charge is -2.29. The third-order valence-electron chi connectivity index (χ3n) is 8.77. The van der Waals surface area contributed by atoms with Crippen molar-refractivity contribution in [3.8, 4) is 11.3 Å². The number of amides is 2. The van der Waals surface area contributed by atoms with E-state index in [1.54, 1.807) is 55.5 Å².